The standard InChI is InChI=1S/C19H17O2/c1-20-18-11-4-5-12-19(18)21-14-13-16-9-6-8-15-7-2-3-10-17(15)16/h2-4,6-12H,13-14H2,1H3. The molecule has 0 saturated carbocycles. The van der Waals surface area contributed by atoms with Crippen LogP contribution in [0.15, 0.2) is 60.7 Å². The van der Waals surface area contributed by atoms with Gasteiger partial charge in [0, 0.05) is 6.42 Å². The Hall–Kier alpha value is -2.48. The summed E-state index contributed by atoms with van der Waals surface area (Å²) in [4.78, 5) is 0. The van der Waals surface area contributed by atoms with Gasteiger partial charge in [0.2, 0.25) is 0 Å². The summed E-state index contributed by atoms with van der Waals surface area (Å²) in [5.41, 5.74) is 1.30. The first-order valence-corrected chi connectivity index (χ1v) is 7.02. The third-order valence-corrected chi connectivity index (χ3v) is 3.52. The number of ether oxygens (including phenoxy) is 2. The predicted octanol–water partition coefficient (Wildman–Crippen LogP) is 4.27. The van der Waals surface area contributed by atoms with Gasteiger partial charge < -0.3 is 9.47 Å². The predicted molar refractivity (Wildman–Crippen MR) is 85.0 cm³/mol. The second kappa shape index (κ2) is 6.31. The minimum absolute atomic E-state index is 0.613. The van der Waals surface area contributed by atoms with Gasteiger partial charge in [-0.25, -0.2) is 0 Å². The molecule has 105 valence electrons. The number of fused-ring (bicyclic) bond motifs is 1. The minimum atomic E-state index is 0.613. The molecular weight excluding hydrogens is 260 g/mol. The Kier molecular flexibility index (Phi) is 4.06. The normalized spacial score (nSPS) is 10.5. The molecule has 0 amide bonds. The fourth-order valence-electron chi connectivity index (χ4n) is 2.46. The molecule has 3 rings (SSSR count). The highest BCUT2D eigenvalue weighted by Crippen LogP contribution is 2.26. The van der Waals surface area contributed by atoms with Crippen LogP contribution in [0.2, 0.25) is 0 Å². The molecule has 0 N–H and O–H groups in total. The summed E-state index contributed by atoms with van der Waals surface area (Å²) in [7, 11) is 1.65. The van der Waals surface area contributed by atoms with Crippen LogP contribution in [-0.2, 0) is 6.42 Å². The van der Waals surface area contributed by atoms with Crippen molar-refractivity contribution in [3.63, 3.8) is 0 Å². The monoisotopic (exact) mass is 277 g/mol. The summed E-state index contributed by atoms with van der Waals surface area (Å²) >= 11 is 0. The van der Waals surface area contributed by atoms with Gasteiger partial charge in [-0.1, -0.05) is 48.5 Å². The lowest BCUT2D eigenvalue weighted by Gasteiger charge is -2.11. The number of benzene rings is 3. The Morgan fingerprint density at radius 1 is 0.952 bits per heavy atom. The zero-order chi connectivity index (χ0) is 14.5. The van der Waals surface area contributed by atoms with Crippen LogP contribution in [0, 0.1) is 6.07 Å². The van der Waals surface area contributed by atoms with E-state index in [1.54, 1.807) is 7.11 Å². The molecular formula is C19H17O2. The molecule has 2 nitrogen and oxygen atoms in total. The average molecular weight is 277 g/mol. The van der Waals surface area contributed by atoms with E-state index >= 15 is 0 Å². The van der Waals surface area contributed by atoms with Crippen molar-refractivity contribution in [3.05, 3.63) is 72.3 Å². The first kappa shape index (κ1) is 13.5. The minimum Gasteiger partial charge on any atom is -0.493 e. The van der Waals surface area contributed by atoms with Crippen LogP contribution in [-0.4, -0.2) is 13.7 Å². The zero-order valence-corrected chi connectivity index (χ0v) is 12.0. The Bertz CT molecular complexity index is 729. The van der Waals surface area contributed by atoms with Crippen molar-refractivity contribution in [2.45, 2.75) is 6.42 Å². The quantitative estimate of drug-likeness (QED) is 0.693. The summed E-state index contributed by atoms with van der Waals surface area (Å²) in [6, 6.07) is 23.3. The van der Waals surface area contributed by atoms with E-state index in [1.165, 1.54) is 16.3 Å². The van der Waals surface area contributed by atoms with Gasteiger partial charge in [-0.15, -0.1) is 0 Å². The SMILES string of the molecule is COc1cc[c]cc1OCCc1cccc2ccccc12. The summed E-state index contributed by atoms with van der Waals surface area (Å²) < 4.78 is 11.1. The molecule has 2 heteroatoms. The molecule has 0 aliphatic heterocycles. The third-order valence-electron chi connectivity index (χ3n) is 3.52. The molecule has 3 aromatic carbocycles. The van der Waals surface area contributed by atoms with Crippen molar-refractivity contribution in [3.8, 4) is 11.5 Å². The van der Waals surface area contributed by atoms with Crippen LogP contribution < -0.4 is 9.47 Å². The Morgan fingerprint density at radius 2 is 1.81 bits per heavy atom. The lowest BCUT2D eigenvalue weighted by atomic mass is 10.0. The van der Waals surface area contributed by atoms with Crippen LogP contribution in [0.5, 0.6) is 11.5 Å². The second-order valence-corrected chi connectivity index (χ2v) is 4.81. The van der Waals surface area contributed by atoms with Crippen LogP contribution in [0.3, 0.4) is 0 Å². The molecule has 0 bridgehead atoms. The van der Waals surface area contributed by atoms with Crippen LogP contribution >= 0.6 is 0 Å². The van der Waals surface area contributed by atoms with E-state index in [-0.39, 0.29) is 0 Å². The first-order chi connectivity index (χ1) is 10.4. The third kappa shape index (κ3) is 3.00. The van der Waals surface area contributed by atoms with Crippen LogP contribution in [0.1, 0.15) is 5.56 Å². The Labute approximate surface area is 124 Å². The van der Waals surface area contributed by atoms with E-state index in [1.807, 2.05) is 18.2 Å². The largest absolute Gasteiger partial charge is 0.493 e. The maximum Gasteiger partial charge on any atom is 0.161 e. The second-order valence-electron chi connectivity index (χ2n) is 4.81. The van der Waals surface area contributed by atoms with Crippen LogP contribution in [0.25, 0.3) is 10.8 Å². The van der Waals surface area contributed by atoms with Gasteiger partial charge in [0.25, 0.3) is 0 Å². The van der Waals surface area contributed by atoms with Crippen molar-refractivity contribution in [1.82, 2.24) is 0 Å². The molecule has 0 unspecified atom stereocenters. The highest BCUT2D eigenvalue weighted by Gasteiger charge is 2.04. The topological polar surface area (TPSA) is 18.5 Å². The molecule has 0 saturated heterocycles. The number of hydrogen-bond donors (Lipinski definition) is 0. The molecule has 0 spiro atoms. The fraction of sp³-hybridized carbons (Fsp3) is 0.158. The summed E-state index contributed by atoms with van der Waals surface area (Å²) in [5.74, 6) is 1.48. The van der Waals surface area contributed by atoms with Gasteiger partial charge >= 0.3 is 0 Å². The smallest absolute Gasteiger partial charge is 0.161 e. The van der Waals surface area contributed by atoms with Gasteiger partial charge in [-0.05, 0) is 34.5 Å². The Balaban J connectivity index is 1.72. The van der Waals surface area contributed by atoms with Gasteiger partial charge in [-0.2, -0.15) is 0 Å². The molecule has 0 aliphatic rings. The maximum absolute atomic E-state index is 5.82. The van der Waals surface area contributed by atoms with Gasteiger partial charge in [0.15, 0.2) is 11.5 Å². The van der Waals surface area contributed by atoms with Gasteiger partial charge in [0.05, 0.1) is 13.7 Å². The highest BCUT2D eigenvalue weighted by molar-refractivity contribution is 5.85. The fourth-order valence-corrected chi connectivity index (χ4v) is 2.46. The zero-order valence-electron chi connectivity index (χ0n) is 12.0. The molecule has 0 aromatic heterocycles. The lowest BCUT2D eigenvalue weighted by molar-refractivity contribution is 0.298. The molecule has 0 heterocycles. The first-order valence-electron chi connectivity index (χ1n) is 7.02. The van der Waals surface area contributed by atoms with E-state index in [0.717, 1.165) is 17.9 Å². The van der Waals surface area contributed by atoms with E-state index < -0.39 is 0 Å². The maximum atomic E-state index is 5.82. The van der Waals surface area contributed by atoms with Gasteiger partial charge in [0.1, 0.15) is 0 Å². The molecule has 21 heavy (non-hydrogen) atoms. The van der Waals surface area contributed by atoms with E-state index in [2.05, 4.69) is 48.5 Å². The average Bonchev–Trinajstić information content (AvgIpc) is 2.55. The van der Waals surface area contributed by atoms with Gasteiger partial charge in [-0.3, -0.25) is 0 Å². The summed E-state index contributed by atoms with van der Waals surface area (Å²) in [6.07, 6.45) is 0.861. The van der Waals surface area contributed by atoms with Crippen molar-refractivity contribution >= 4 is 10.8 Å². The number of rotatable bonds is 5. The van der Waals surface area contributed by atoms with Crippen molar-refractivity contribution in [2.24, 2.45) is 0 Å². The lowest BCUT2D eigenvalue weighted by Crippen LogP contribution is -2.03. The summed E-state index contributed by atoms with van der Waals surface area (Å²) in [6.45, 7) is 0.613. The van der Waals surface area contributed by atoms with Crippen molar-refractivity contribution < 1.29 is 9.47 Å². The summed E-state index contributed by atoms with van der Waals surface area (Å²) in [5, 5.41) is 2.55. The number of hydrogen-bond acceptors (Lipinski definition) is 2. The van der Waals surface area contributed by atoms with E-state index in [4.69, 9.17) is 9.47 Å². The van der Waals surface area contributed by atoms with Crippen molar-refractivity contribution in [1.29, 1.82) is 0 Å². The molecule has 0 fully saturated rings. The van der Waals surface area contributed by atoms with Crippen molar-refractivity contribution in [2.75, 3.05) is 13.7 Å². The van der Waals surface area contributed by atoms with Crippen LogP contribution in [0.4, 0.5) is 0 Å². The molecule has 1 radical (unpaired) electrons. The number of methoxy groups -OCH3 is 1. The Morgan fingerprint density at radius 3 is 2.71 bits per heavy atom. The molecule has 0 atom stereocenters. The van der Waals surface area contributed by atoms with E-state index in [9.17, 15) is 0 Å². The molecule has 3 aromatic rings. The highest BCUT2D eigenvalue weighted by atomic mass is 16.5. The van der Waals surface area contributed by atoms with E-state index in [0.29, 0.717) is 6.61 Å². The molecule has 0 aliphatic carbocycles.